The number of aryl methyl sites for hydroxylation is 1. The molecule has 32 heavy (non-hydrogen) atoms. The summed E-state index contributed by atoms with van der Waals surface area (Å²) in [6.07, 6.45) is 1.68. The van der Waals surface area contributed by atoms with E-state index in [1.165, 1.54) is 0 Å². The summed E-state index contributed by atoms with van der Waals surface area (Å²) in [5.74, 6) is 0.496. The van der Waals surface area contributed by atoms with Crippen LogP contribution in [0, 0.1) is 4.91 Å². The zero-order chi connectivity index (χ0) is 23.3. The highest BCUT2D eigenvalue weighted by molar-refractivity contribution is 6.30. The molecular weight excluding hydrogens is 426 g/mol. The van der Waals surface area contributed by atoms with E-state index in [2.05, 4.69) is 17.1 Å². The van der Waals surface area contributed by atoms with Crippen molar-refractivity contribution in [1.29, 1.82) is 0 Å². The van der Waals surface area contributed by atoms with Crippen LogP contribution in [-0.2, 0) is 24.2 Å². The van der Waals surface area contributed by atoms with Gasteiger partial charge in [-0.25, -0.2) is 9.78 Å². The molecule has 3 rings (SSSR count). The van der Waals surface area contributed by atoms with Gasteiger partial charge in [-0.05, 0) is 49.9 Å². The SMILES string of the molecule is CCCc1nc(Cl)c(CN=O)n1Cc1ccc(-c2ccccc2C(=O)OC(C)(C)C)cc1. The third-order valence-corrected chi connectivity index (χ3v) is 5.24. The Kier molecular flexibility index (Phi) is 7.46. The highest BCUT2D eigenvalue weighted by atomic mass is 35.5. The van der Waals surface area contributed by atoms with E-state index in [0.717, 1.165) is 35.4 Å². The number of halogens is 1. The van der Waals surface area contributed by atoms with Crippen molar-refractivity contribution in [2.24, 2.45) is 5.18 Å². The summed E-state index contributed by atoms with van der Waals surface area (Å²) in [5.41, 5.74) is 3.36. The number of aromatic nitrogens is 2. The molecular formula is C25H28ClN3O3. The second-order valence-corrected chi connectivity index (χ2v) is 8.99. The molecule has 0 aliphatic carbocycles. The summed E-state index contributed by atoms with van der Waals surface area (Å²) in [6.45, 7) is 8.15. The number of esters is 1. The third kappa shape index (κ3) is 5.62. The second-order valence-electron chi connectivity index (χ2n) is 8.63. The Hall–Kier alpha value is -2.99. The van der Waals surface area contributed by atoms with Gasteiger partial charge in [-0.15, -0.1) is 0 Å². The van der Waals surface area contributed by atoms with Crippen LogP contribution >= 0.6 is 11.6 Å². The number of nitrogens with zero attached hydrogens (tertiary/aromatic N) is 3. The number of carbonyl (C=O) groups is 1. The minimum Gasteiger partial charge on any atom is -0.456 e. The van der Waals surface area contributed by atoms with Crippen LogP contribution in [0.4, 0.5) is 0 Å². The fraction of sp³-hybridized carbons (Fsp3) is 0.360. The highest BCUT2D eigenvalue weighted by Gasteiger charge is 2.21. The minimum absolute atomic E-state index is 0.0170. The Morgan fingerprint density at radius 1 is 1.12 bits per heavy atom. The molecule has 0 unspecified atom stereocenters. The van der Waals surface area contributed by atoms with Crippen molar-refractivity contribution in [3.63, 3.8) is 0 Å². The molecule has 2 aromatic carbocycles. The maximum atomic E-state index is 12.7. The van der Waals surface area contributed by atoms with Gasteiger partial charge in [0.15, 0.2) is 5.15 Å². The summed E-state index contributed by atoms with van der Waals surface area (Å²) in [4.78, 5) is 28.0. The topological polar surface area (TPSA) is 73.5 Å². The molecule has 0 N–H and O–H groups in total. The van der Waals surface area contributed by atoms with Crippen molar-refractivity contribution in [1.82, 2.24) is 9.55 Å². The monoisotopic (exact) mass is 453 g/mol. The van der Waals surface area contributed by atoms with Gasteiger partial charge in [0.05, 0.1) is 11.3 Å². The number of carbonyl (C=O) groups excluding carboxylic acids is 1. The number of benzene rings is 2. The predicted molar refractivity (Wildman–Crippen MR) is 127 cm³/mol. The lowest BCUT2D eigenvalue weighted by atomic mass is 9.98. The Balaban J connectivity index is 1.89. The molecule has 6 nitrogen and oxygen atoms in total. The minimum atomic E-state index is -0.565. The number of hydrogen-bond donors (Lipinski definition) is 0. The van der Waals surface area contributed by atoms with Crippen LogP contribution in [-0.4, -0.2) is 21.1 Å². The van der Waals surface area contributed by atoms with Crippen LogP contribution in [0.25, 0.3) is 11.1 Å². The first kappa shape index (κ1) is 23.7. The summed E-state index contributed by atoms with van der Waals surface area (Å²) in [7, 11) is 0. The lowest BCUT2D eigenvalue weighted by Gasteiger charge is -2.20. The van der Waals surface area contributed by atoms with Gasteiger partial charge >= 0.3 is 5.97 Å². The maximum absolute atomic E-state index is 12.7. The second kappa shape index (κ2) is 10.1. The molecule has 0 aliphatic heterocycles. The Bertz CT molecular complexity index is 1100. The summed E-state index contributed by atoms with van der Waals surface area (Å²) < 4.78 is 7.54. The van der Waals surface area contributed by atoms with E-state index in [1.54, 1.807) is 6.07 Å². The molecule has 0 spiro atoms. The summed E-state index contributed by atoms with van der Waals surface area (Å²) in [6, 6.07) is 15.4. The summed E-state index contributed by atoms with van der Waals surface area (Å²) >= 11 is 6.25. The molecule has 0 fully saturated rings. The lowest BCUT2D eigenvalue weighted by Crippen LogP contribution is -2.24. The van der Waals surface area contributed by atoms with E-state index < -0.39 is 5.60 Å². The van der Waals surface area contributed by atoms with E-state index in [9.17, 15) is 9.70 Å². The molecule has 7 heteroatoms. The zero-order valence-corrected chi connectivity index (χ0v) is 19.6. The van der Waals surface area contributed by atoms with Crippen LogP contribution in [0.5, 0.6) is 0 Å². The molecule has 0 saturated carbocycles. The average Bonchev–Trinajstić information content (AvgIpc) is 3.02. The zero-order valence-electron chi connectivity index (χ0n) is 18.9. The van der Waals surface area contributed by atoms with Crippen LogP contribution in [0.1, 0.15) is 61.6 Å². The van der Waals surface area contributed by atoms with Gasteiger partial charge < -0.3 is 9.30 Å². The molecule has 0 aliphatic rings. The fourth-order valence-corrected chi connectivity index (χ4v) is 3.80. The quantitative estimate of drug-likeness (QED) is 0.291. The van der Waals surface area contributed by atoms with E-state index >= 15 is 0 Å². The fourth-order valence-electron chi connectivity index (χ4n) is 3.54. The van der Waals surface area contributed by atoms with E-state index in [-0.39, 0.29) is 12.5 Å². The Morgan fingerprint density at radius 3 is 2.44 bits per heavy atom. The van der Waals surface area contributed by atoms with Crippen LogP contribution < -0.4 is 0 Å². The van der Waals surface area contributed by atoms with Crippen molar-refractivity contribution >= 4 is 17.6 Å². The van der Waals surface area contributed by atoms with Gasteiger partial charge in [0, 0.05) is 13.0 Å². The smallest absolute Gasteiger partial charge is 0.339 e. The molecule has 168 valence electrons. The van der Waals surface area contributed by atoms with E-state index in [1.807, 2.05) is 67.8 Å². The normalized spacial score (nSPS) is 11.4. The number of hydrogen-bond acceptors (Lipinski definition) is 5. The van der Waals surface area contributed by atoms with Gasteiger partial charge in [0.25, 0.3) is 0 Å². The Labute approximate surface area is 193 Å². The average molecular weight is 454 g/mol. The molecule has 0 atom stereocenters. The lowest BCUT2D eigenvalue weighted by molar-refractivity contribution is 0.00704. The number of rotatable bonds is 8. The molecule has 3 aromatic rings. The molecule has 0 saturated heterocycles. The molecule has 0 radical (unpaired) electrons. The Morgan fingerprint density at radius 2 is 1.81 bits per heavy atom. The van der Waals surface area contributed by atoms with Gasteiger partial charge in [0.2, 0.25) is 0 Å². The highest BCUT2D eigenvalue weighted by Crippen LogP contribution is 2.27. The number of imidazole rings is 1. The summed E-state index contributed by atoms with van der Waals surface area (Å²) in [5, 5.41) is 3.34. The van der Waals surface area contributed by atoms with Crippen molar-refractivity contribution in [3.05, 3.63) is 81.2 Å². The van der Waals surface area contributed by atoms with Crippen LogP contribution in [0.2, 0.25) is 5.15 Å². The standard InChI is InChI=1S/C25H28ClN3O3/c1-5-8-22-28-23(26)21(15-27-31)29(22)16-17-11-13-18(14-12-17)19-9-6-7-10-20(19)24(30)32-25(2,3)4/h6-7,9-14H,5,8,15-16H2,1-4H3. The molecule has 1 heterocycles. The van der Waals surface area contributed by atoms with Gasteiger partial charge in [-0.3, -0.25) is 0 Å². The molecule has 0 bridgehead atoms. The van der Waals surface area contributed by atoms with Crippen LogP contribution in [0.15, 0.2) is 53.7 Å². The predicted octanol–water partition coefficient (Wildman–Crippen LogP) is 6.43. The van der Waals surface area contributed by atoms with Crippen molar-refractivity contribution in [3.8, 4) is 11.1 Å². The van der Waals surface area contributed by atoms with Gasteiger partial charge in [-0.2, -0.15) is 4.91 Å². The van der Waals surface area contributed by atoms with E-state index in [4.69, 9.17) is 16.3 Å². The number of ether oxygens (including phenoxy) is 1. The maximum Gasteiger partial charge on any atom is 0.339 e. The first-order valence-electron chi connectivity index (χ1n) is 10.7. The van der Waals surface area contributed by atoms with Crippen molar-refractivity contribution < 1.29 is 9.53 Å². The third-order valence-electron chi connectivity index (χ3n) is 4.94. The first-order chi connectivity index (χ1) is 15.2. The van der Waals surface area contributed by atoms with Crippen molar-refractivity contribution in [2.75, 3.05) is 0 Å². The first-order valence-corrected chi connectivity index (χ1v) is 11.1. The van der Waals surface area contributed by atoms with Crippen LogP contribution in [0.3, 0.4) is 0 Å². The molecule has 1 aromatic heterocycles. The van der Waals surface area contributed by atoms with E-state index in [0.29, 0.717) is 23.0 Å². The number of nitroso groups, excluding NO2 is 1. The van der Waals surface area contributed by atoms with Gasteiger partial charge in [0.1, 0.15) is 18.0 Å². The van der Waals surface area contributed by atoms with Crippen molar-refractivity contribution in [2.45, 2.75) is 59.2 Å². The molecule has 0 amide bonds. The largest absolute Gasteiger partial charge is 0.456 e. The van der Waals surface area contributed by atoms with Gasteiger partial charge in [-0.1, -0.05) is 66.2 Å².